The van der Waals surface area contributed by atoms with Gasteiger partial charge in [-0.3, -0.25) is 4.79 Å². The van der Waals surface area contributed by atoms with Gasteiger partial charge in [0.1, 0.15) is 0 Å². The Kier molecular flexibility index (Phi) is 3.58. The summed E-state index contributed by atoms with van der Waals surface area (Å²) >= 11 is 1.56. The monoisotopic (exact) mass is 250 g/mol. The van der Waals surface area contributed by atoms with Gasteiger partial charge in [-0.25, -0.2) is 4.98 Å². The number of carbonyl (C=O) groups is 1. The molecule has 90 valence electrons. The summed E-state index contributed by atoms with van der Waals surface area (Å²) in [5, 5.41) is 12.9. The molecule has 0 saturated heterocycles. The summed E-state index contributed by atoms with van der Waals surface area (Å²) in [6, 6.07) is 5.60. The number of thiazole rings is 1. The topological polar surface area (TPSA) is 62.2 Å². The van der Waals surface area contributed by atoms with Crippen LogP contribution in [0.25, 0.3) is 10.2 Å². The van der Waals surface area contributed by atoms with Crippen LogP contribution in [0.1, 0.15) is 18.9 Å². The van der Waals surface area contributed by atoms with Gasteiger partial charge in [-0.2, -0.15) is 0 Å². The zero-order valence-electron chi connectivity index (χ0n) is 9.56. The lowest BCUT2D eigenvalue weighted by Crippen LogP contribution is -1.99. The highest BCUT2D eigenvalue weighted by molar-refractivity contribution is 7.22. The number of anilines is 1. The summed E-state index contributed by atoms with van der Waals surface area (Å²) in [6.07, 6.45) is 1.12. The Morgan fingerprint density at radius 2 is 2.35 bits per heavy atom. The van der Waals surface area contributed by atoms with Crippen molar-refractivity contribution in [1.29, 1.82) is 0 Å². The molecule has 0 aliphatic rings. The number of benzene rings is 1. The lowest BCUT2D eigenvalue weighted by molar-refractivity contribution is -0.136. The van der Waals surface area contributed by atoms with Crippen LogP contribution in [0.15, 0.2) is 18.2 Å². The molecule has 1 aromatic heterocycles. The van der Waals surface area contributed by atoms with Gasteiger partial charge in [0.25, 0.3) is 0 Å². The number of carboxylic acids is 1. The van der Waals surface area contributed by atoms with Gasteiger partial charge in [0.05, 0.1) is 16.6 Å². The fraction of sp³-hybridized carbons (Fsp3) is 0.333. The van der Waals surface area contributed by atoms with Crippen molar-refractivity contribution in [3.05, 3.63) is 23.8 Å². The summed E-state index contributed by atoms with van der Waals surface area (Å²) < 4.78 is 1.03. The van der Waals surface area contributed by atoms with E-state index in [9.17, 15) is 4.79 Å². The molecule has 17 heavy (non-hydrogen) atoms. The number of hydrogen-bond donors (Lipinski definition) is 2. The molecule has 1 heterocycles. The van der Waals surface area contributed by atoms with Gasteiger partial charge in [0.2, 0.25) is 0 Å². The van der Waals surface area contributed by atoms with E-state index in [-0.39, 0.29) is 6.42 Å². The first kappa shape index (κ1) is 11.9. The van der Waals surface area contributed by atoms with Crippen molar-refractivity contribution < 1.29 is 9.90 Å². The van der Waals surface area contributed by atoms with Gasteiger partial charge >= 0.3 is 5.97 Å². The summed E-state index contributed by atoms with van der Waals surface area (Å²) in [5.41, 5.74) is 1.73. The van der Waals surface area contributed by atoms with Crippen LogP contribution in [-0.4, -0.2) is 22.6 Å². The molecule has 0 aliphatic carbocycles. The highest BCUT2D eigenvalue weighted by Crippen LogP contribution is 2.26. The van der Waals surface area contributed by atoms with Crippen molar-refractivity contribution in [3.63, 3.8) is 0 Å². The van der Waals surface area contributed by atoms with Crippen LogP contribution in [0.4, 0.5) is 5.13 Å². The minimum Gasteiger partial charge on any atom is -0.481 e. The average molecular weight is 250 g/mol. The largest absolute Gasteiger partial charge is 0.481 e. The molecule has 0 aliphatic heterocycles. The maximum atomic E-state index is 10.6. The molecule has 2 rings (SSSR count). The van der Waals surface area contributed by atoms with Crippen molar-refractivity contribution in [2.45, 2.75) is 19.8 Å². The Morgan fingerprint density at radius 1 is 1.53 bits per heavy atom. The lowest BCUT2D eigenvalue weighted by Gasteiger charge is -1.95. The first-order valence-electron chi connectivity index (χ1n) is 5.54. The molecule has 0 fully saturated rings. The Bertz CT molecular complexity index is 536. The van der Waals surface area contributed by atoms with E-state index in [1.54, 1.807) is 11.3 Å². The first-order valence-corrected chi connectivity index (χ1v) is 6.36. The number of carboxylic acid groups (broad SMARTS) is 1. The van der Waals surface area contributed by atoms with Crippen molar-refractivity contribution in [2.75, 3.05) is 11.9 Å². The number of nitrogens with zero attached hydrogens (tertiary/aromatic N) is 1. The lowest BCUT2D eigenvalue weighted by atomic mass is 10.1. The smallest absolute Gasteiger partial charge is 0.307 e. The van der Waals surface area contributed by atoms with Crippen LogP contribution in [0.5, 0.6) is 0 Å². The number of rotatable bonds is 5. The summed E-state index contributed by atoms with van der Waals surface area (Å²) in [6.45, 7) is 3.01. The molecule has 4 nitrogen and oxygen atoms in total. The van der Waals surface area contributed by atoms with Crippen molar-refractivity contribution in [1.82, 2.24) is 4.98 Å². The minimum atomic E-state index is -0.807. The first-order chi connectivity index (χ1) is 8.19. The molecular weight excluding hydrogens is 236 g/mol. The van der Waals surface area contributed by atoms with E-state index >= 15 is 0 Å². The molecule has 0 bridgehead atoms. The van der Waals surface area contributed by atoms with Crippen LogP contribution in [0.2, 0.25) is 0 Å². The standard InChI is InChI=1S/C12H14N2O2S/c1-2-5-13-12-14-9-4-3-8(7-11(15)16)6-10(9)17-12/h3-4,6H,2,5,7H2,1H3,(H,13,14)(H,15,16). The van der Waals surface area contributed by atoms with Gasteiger partial charge in [-0.15, -0.1) is 0 Å². The molecule has 0 spiro atoms. The quantitative estimate of drug-likeness (QED) is 0.856. The number of aliphatic carboxylic acids is 1. The molecule has 1 aromatic carbocycles. The van der Waals surface area contributed by atoms with E-state index < -0.39 is 5.97 Å². The van der Waals surface area contributed by atoms with Crippen LogP contribution in [-0.2, 0) is 11.2 Å². The Labute approximate surface area is 103 Å². The fourth-order valence-electron chi connectivity index (χ4n) is 1.56. The molecule has 0 saturated carbocycles. The van der Waals surface area contributed by atoms with Crippen LogP contribution in [0.3, 0.4) is 0 Å². The van der Waals surface area contributed by atoms with Crippen LogP contribution >= 0.6 is 11.3 Å². The Balaban J connectivity index is 2.24. The zero-order valence-corrected chi connectivity index (χ0v) is 10.4. The minimum absolute atomic E-state index is 0.0611. The Morgan fingerprint density at radius 3 is 3.06 bits per heavy atom. The summed E-state index contributed by atoms with van der Waals surface area (Å²) in [7, 11) is 0. The number of aromatic nitrogens is 1. The second kappa shape index (κ2) is 5.14. The predicted octanol–water partition coefficient (Wildman–Crippen LogP) is 2.75. The fourth-order valence-corrected chi connectivity index (χ4v) is 2.52. The molecule has 2 N–H and O–H groups in total. The SMILES string of the molecule is CCCNc1nc2ccc(CC(=O)O)cc2s1. The molecule has 2 aromatic rings. The number of nitrogens with one attached hydrogen (secondary N) is 1. The molecule has 0 amide bonds. The van der Waals surface area contributed by atoms with E-state index in [1.807, 2.05) is 18.2 Å². The van der Waals surface area contributed by atoms with E-state index in [4.69, 9.17) is 5.11 Å². The molecular formula is C12H14N2O2S. The van der Waals surface area contributed by atoms with Crippen LogP contribution < -0.4 is 5.32 Å². The molecule has 0 atom stereocenters. The molecule has 5 heteroatoms. The maximum Gasteiger partial charge on any atom is 0.307 e. The van der Waals surface area contributed by atoms with E-state index in [0.717, 1.165) is 33.9 Å². The van der Waals surface area contributed by atoms with Crippen molar-refractivity contribution in [3.8, 4) is 0 Å². The van der Waals surface area contributed by atoms with Crippen molar-refractivity contribution in [2.24, 2.45) is 0 Å². The normalized spacial score (nSPS) is 10.6. The predicted molar refractivity (Wildman–Crippen MR) is 69.7 cm³/mol. The highest BCUT2D eigenvalue weighted by atomic mass is 32.1. The zero-order chi connectivity index (χ0) is 12.3. The third kappa shape index (κ3) is 2.94. The van der Waals surface area contributed by atoms with E-state index in [1.165, 1.54) is 0 Å². The summed E-state index contributed by atoms with van der Waals surface area (Å²) in [5.74, 6) is -0.807. The van der Waals surface area contributed by atoms with Gasteiger partial charge in [-0.05, 0) is 24.1 Å². The van der Waals surface area contributed by atoms with E-state index in [2.05, 4.69) is 17.2 Å². The second-order valence-corrected chi connectivity index (χ2v) is 4.85. The van der Waals surface area contributed by atoms with Gasteiger partial charge in [0, 0.05) is 6.54 Å². The highest BCUT2D eigenvalue weighted by Gasteiger charge is 2.06. The molecule has 0 unspecified atom stereocenters. The van der Waals surface area contributed by atoms with E-state index in [0.29, 0.717) is 0 Å². The number of hydrogen-bond acceptors (Lipinski definition) is 4. The van der Waals surface area contributed by atoms with Gasteiger partial charge in [0.15, 0.2) is 5.13 Å². The number of fused-ring (bicyclic) bond motifs is 1. The molecule has 0 radical (unpaired) electrons. The average Bonchev–Trinajstić information content (AvgIpc) is 2.67. The van der Waals surface area contributed by atoms with Gasteiger partial charge < -0.3 is 10.4 Å². The van der Waals surface area contributed by atoms with Crippen LogP contribution in [0, 0.1) is 0 Å². The Hall–Kier alpha value is -1.62. The maximum absolute atomic E-state index is 10.6. The third-order valence-electron chi connectivity index (χ3n) is 2.33. The van der Waals surface area contributed by atoms with Crippen molar-refractivity contribution >= 4 is 32.7 Å². The van der Waals surface area contributed by atoms with Gasteiger partial charge in [-0.1, -0.05) is 24.3 Å². The second-order valence-electron chi connectivity index (χ2n) is 3.82. The summed E-state index contributed by atoms with van der Waals surface area (Å²) in [4.78, 5) is 15.1. The third-order valence-corrected chi connectivity index (χ3v) is 3.31.